The van der Waals surface area contributed by atoms with Gasteiger partial charge in [0.2, 0.25) is 5.91 Å². The molecule has 0 bridgehead atoms. The lowest BCUT2D eigenvalue weighted by atomic mass is 10.1. The number of H-pyrrole nitrogens is 1. The van der Waals surface area contributed by atoms with E-state index in [1.807, 2.05) is 24.3 Å². The molecule has 27 heavy (non-hydrogen) atoms. The van der Waals surface area contributed by atoms with Crippen molar-refractivity contribution in [2.45, 2.75) is 19.3 Å². The summed E-state index contributed by atoms with van der Waals surface area (Å²) in [6, 6.07) is 12.8. The largest absolute Gasteiger partial charge is 0.352 e. The van der Waals surface area contributed by atoms with Gasteiger partial charge in [-0.15, -0.1) is 0 Å². The standard InChI is InChI=1S/C20H19ClN4O2/c21-14-8-7-13(12-17(14)25-11-3-6-19(25)26)20(27)22-10-9-18-23-15-4-1-2-5-16(15)24-18/h1-2,4-5,7-8,12H,3,6,9-11H2,(H,22,27)(H,23,24). The van der Waals surface area contributed by atoms with Gasteiger partial charge in [-0.2, -0.15) is 0 Å². The Labute approximate surface area is 161 Å². The number of carbonyl (C=O) groups is 2. The molecule has 2 N–H and O–H groups in total. The van der Waals surface area contributed by atoms with Crippen LogP contribution in [-0.2, 0) is 11.2 Å². The van der Waals surface area contributed by atoms with Gasteiger partial charge in [0.1, 0.15) is 5.82 Å². The number of hydrogen-bond donors (Lipinski definition) is 2. The van der Waals surface area contributed by atoms with Crippen LogP contribution in [0.25, 0.3) is 11.0 Å². The number of rotatable bonds is 5. The predicted molar refractivity (Wildman–Crippen MR) is 105 cm³/mol. The van der Waals surface area contributed by atoms with E-state index in [-0.39, 0.29) is 11.8 Å². The number of benzene rings is 2. The average molecular weight is 383 g/mol. The molecule has 6 nitrogen and oxygen atoms in total. The van der Waals surface area contributed by atoms with Crippen LogP contribution in [0.15, 0.2) is 42.5 Å². The lowest BCUT2D eigenvalue weighted by molar-refractivity contribution is -0.117. The van der Waals surface area contributed by atoms with E-state index in [1.165, 1.54) is 0 Å². The van der Waals surface area contributed by atoms with Gasteiger partial charge in [-0.1, -0.05) is 23.7 Å². The Kier molecular flexibility index (Phi) is 4.81. The number of aromatic amines is 1. The first kappa shape index (κ1) is 17.5. The summed E-state index contributed by atoms with van der Waals surface area (Å²) >= 11 is 6.23. The molecule has 2 aromatic carbocycles. The van der Waals surface area contributed by atoms with Crippen LogP contribution in [0.5, 0.6) is 0 Å². The van der Waals surface area contributed by atoms with Crippen molar-refractivity contribution >= 4 is 40.1 Å². The molecule has 0 saturated carbocycles. The molecule has 1 aliphatic rings. The summed E-state index contributed by atoms with van der Waals surface area (Å²) in [5, 5.41) is 3.37. The maximum absolute atomic E-state index is 12.5. The molecular weight excluding hydrogens is 364 g/mol. The van der Waals surface area contributed by atoms with Crippen LogP contribution in [0.4, 0.5) is 5.69 Å². The summed E-state index contributed by atoms with van der Waals surface area (Å²) < 4.78 is 0. The van der Waals surface area contributed by atoms with Crippen LogP contribution in [0, 0.1) is 0 Å². The second kappa shape index (κ2) is 7.40. The lowest BCUT2D eigenvalue weighted by Crippen LogP contribution is -2.27. The van der Waals surface area contributed by atoms with Crippen molar-refractivity contribution in [3.8, 4) is 0 Å². The number of halogens is 1. The number of aromatic nitrogens is 2. The minimum absolute atomic E-state index is 0.0411. The highest BCUT2D eigenvalue weighted by Gasteiger charge is 2.24. The first-order valence-electron chi connectivity index (χ1n) is 8.93. The highest BCUT2D eigenvalue weighted by atomic mass is 35.5. The number of imidazole rings is 1. The quantitative estimate of drug-likeness (QED) is 0.710. The Balaban J connectivity index is 1.41. The minimum Gasteiger partial charge on any atom is -0.352 e. The maximum Gasteiger partial charge on any atom is 0.251 e. The van der Waals surface area contributed by atoms with Crippen LogP contribution in [0.1, 0.15) is 29.0 Å². The zero-order chi connectivity index (χ0) is 18.8. The molecule has 1 aliphatic heterocycles. The molecule has 2 heterocycles. The Morgan fingerprint density at radius 1 is 1.26 bits per heavy atom. The van der Waals surface area contributed by atoms with Crippen LogP contribution in [0.2, 0.25) is 5.02 Å². The highest BCUT2D eigenvalue weighted by Crippen LogP contribution is 2.30. The zero-order valence-electron chi connectivity index (χ0n) is 14.7. The third-order valence-electron chi connectivity index (χ3n) is 4.66. The fraction of sp³-hybridized carbons (Fsp3) is 0.250. The molecule has 3 aromatic rings. The van der Waals surface area contributed by atoms with Gasteiger partial charge in [0.25, 0.3) is 5.91 Å². The Hall–Kier alpha value is -2.86. The van der Waals surface area contributed by atoms with E-state index in [9.17, 15) is 9.59 Å². The first-order valence-corrected chi connectivity index (χ1v) is 9.31. The van der Waals surface area contributed by atoms with E-state index in [0.29, 0.717) is 42.2 Å². The van der Waals surface area contributed by atoms with Gasteiger partial charge in [0.05, 0.1) is 21.7 Å². The van der Waals surface area contributed by atoms with Crippen molar-refractivity contribution < 1.29 is 9.59 Å². The number of amides is 2. The molecule has 0 atom stereocenters. The summed E-state index contributed by atoms with van der Waals surface area (Å²) in [5.74, 6) is 0.672. The van der Waals surface area contributed by atoms with Gasteiger partial charge < -0.3 is 15.2 Å². The van der Waals surface area contributed by atoms with Crippen molar-refractivity contribution in [3.05, 3.63) is 58.9 Å². The van der Waals surface area contributed by atoms with Gasteiger partial charge in [-0.25, -0.2) is 4.98 Å². The van der Waals surface area contributed by atoms with Crippen LogP contribution in [-0.4, -0.2) is 34.9 Å². The summed E-state index contributed by atoms with van der Waals surface area (Å²) in [5.41, 5.74) is 2.98. The van der Waals surface area contributed by atoms with Gasteiger partial charge in [-0.05, 0) is 36.8 Å². The third-order valence-corrected chi connectivity index (χ3v) is 4.98. The molecule has 0 aliphatic carbocycles. The van der Waals surface area contributed by atoms with Crippen LogP contribution < -0.4 is 10.2 Å². The van der Waals surface area contributed by atoms with E-state index >= 15 is 0 Å². The monoisotopic (exact) mass is 382 g/mol. The number of fused-ring (bicyclic) bond motifs is 1. The normalized spacial score (nSPS) is 14.1. The van der Waals surface area contributed by atoms with E-state index in [0.717, 1.165) is 23.3 Å². The second-order valence-corrected chi connectivity index (χ2v) is 6.93. The molecule has 138 valence electrons. The van der Waals surface area contributed by atoms with Crippen LogP contribution in [0.3, 0.4) is 0 Å². The average Bonchev–Trinajstić information content (AvgIpc) is 3.27. The van der Waals surface area contributed by atoms with Gasteiger partial charge in [0, 0.05) is 31.5 Å². The fourth-order valence-electron chi connectivity index (χ4n) is 3.28. The number of hydrogen-bond acceptors (Lipinski definition) is 3. The molecule has 1 aromatic heterocycles. The second-order valence-electron chi connectivity index (χ2n) is 6.52. The summed E-state index contributed by atoms with van der Waals surface area (Å²) in [6.07, 6.45) is 1.93. The predicted octanol–water partition coefficient (Wildman–Crippen LogP) is 3.32. The maximum atomic E-state index is 12.5. The van der Waals surface area contributed by atoms with Gasteiger partial charge in [0.15, 0.2) is 0 Å². The zero-order valence-corrected chi connectivity index (χ0v) is 15.4. The molecule has 0 spiro atoms. The smallest absolute Gasteiger partial charge is 0.251 e. The van der Waals surface area contributed by atoms with Crippen LogP contribution >= 0.6 is 11.6 Å². The highest BCUT2D eigenvalue weighted by molar-refractivity contribution is 6.34. The van der Waals surface area contributed by atoms with Crippen molar-refractivity contribution in [1.29, 1.82) is 0 Å². The summed E-state index contributed by atoms with van der Waals surface area (Å²) in [6.45, 7) is 1.09. The minimum atomic E-state index is -0.198. The van der Waals surface area contributed by atoms with Crippen molar-refractivity contribution in [1.82, 2.24) is 15.3 Å². The molecule has 1 fully saturated rings. The number of nitrogens with zero attached hydrogens (tertiary/aromatic N) is 2. The number of para-hydroxylation sites is 2. The molecule has 0 unspecified atom stereocenters. The number of nitrogens with one attached hydrogen (secondary N) is 2. The number of carbonyl (C=O) groups excluding carboxylic acids is 2. The molecule has 0 radical (unpaired) electrons. The van der Waals surface area contributed by atoms with E-state index in [4.69, 9.17) is 11.6 Å². The molecular formula is C20H19ClN4O2. The fourth-order valence-corrected chi connectivity index (χ4v) is 3.50. The van der Waals surface area contributed by atoms with Crippen molar-refractivity contribution in [2.75, 3.05) is 18.0 Å². The number of anilines is 1. The summed E-state index contributed by atoms with van der Waals surface area (Å²) in [7, 11) is 0. The van der Waals surface area contributed by atoms with Crippen molar-refractivity contribution in [3.63, 3.8) is 0 Å². The third kappa shape index (κ3) is 3.66. The molecule has 4 rings (SSSR count). The Bertz CT molecular complexity index is 981. The molecule has 7 heteroatoms. The Morgan fingerprint density at radius 2 is 2.11 bits per heavy atom. The first-order chi connectivity index (χ1) is 13.1. The van der Waals surface area contributed by atoms with E-state index < -0.39 is 0 Å². The molecule has 2 amide bonds. The van der Waals surface area contributed by atoms with E-state index in [2.05, 4.69) is 15.3 Å². The topological polar surface area (TPSA) is 78.1 Å². The molecule has 1 saturated heterocycles. The lowest BCUT2D eigenvalue weighted by Gasteiger charge is -2.18. The van der Waals surface area contributed by atoms with Gasteiger partial charge >= 0.3 is 0 Å². The Morgan fingerprint density at radius 3 is 2.89 bits per heavy atom. The summed E-state index contributed by atoms with van der Waals surface area (Å²) in [4.78, 5) is 33.8. The SMILES string of the molecule is O=C(NCCc1nc2ccccc2[nH]1)c1ccc(Cl)c(N2CCCC2=O)c1. The van der Waals surface area contributed by atoms with Gasteiger partial charge in [-0.3, -0.25) is 9.59 Å². The van der Waals surface area contributed by atoms with Crippen molar-refractivity contribution in [2.24, 2.45) is 0 Å². The van der Waals surface area contributed by atoms with E-state index in [1.54, 1.807) is 23.1 Å².